The van der Waals surface area contributed by atoms with Gasteiger partial charge in [0.25, 0.3) is 0 Å². The van der Waals surface area contributed by atoms with Crippen LogP contribution >= 0.6 is 0 Å². The molecule has 4 aromatic rings. The topological polar surface area (TPSA) is 80.2 Å². The monoisotopic (exact) mass is 349 g/mol. The fourth-order valence-electron chi connectivity index (χ4n) is 3.86. The Morgan fingerprint density at radius 2 is 1.92 bits per heavy atom. The molecule has 26 heavy (non-hydrogen) atoms. The van der Waals surface area contributed by atoms with Crippen LogP contribution in [0.5, 0.6) is 0 Å². The van der Waals surface area contributed by atoms with Crippen LogP contribution in [0.25, 0.3) is 22.1 Å². The van der Waals surface area contributed by atoms with Gasteiger partial charge >= 0.3 is 0 Å². The average molecular weight is 349 g/mol. The maximum atomic E-state index is 11.0. The van der Waals surface area contributed by atoms with Gasteiger partial charge in [-0.25, -0.2) is 15.0 Å². The van der Waals surface area contributed by atoms with Gasteiger partial charge in [0.2, 0.25) is 0 Å². The number of rotatable bonds is 2. The Morgan fingerprint density at radius 3 is 2.69 bits per heavy atom. The number of anilines is 1. The van der Waals surface area contributed by atoms with Gasteiger partial charge in [-0.3, -0.25) is 0 Å². The van der Waals surface area contributed by atoms with Crippen molar-refractivity contribution in [3.05, 3.63) is 48.8 Å². The number of nitrogens with zero attached hydrogens (tertiary/aromatic N) is 5. The third-order valence-corrected chi connectivity index (χ3v) is 5.27. The van der Waals surface area contributed by atoms with Crippen molar-refractivity contribution in [1.82, 2.24) is 19.5 Å². The Morgan fingerprint density at radius 1 is 1.12 bits per heavy atom. The average Bonchev–Trinajstić information content (AvgIpc) is 3.26. The number of imidazole rings is 1. The minimum absolute atomic E-state index is 0.587. The summed E-state index contributed by atoms with van der Waals surface area (Å²) >= 11 is 0. The van der Waals surface area contributed by atoms with Crippen molar-refractivity contribution in [3.63, 3.8) is 0 Å². The number of aryl methyl sites for hydroxylation is 1. The molecule has 0 saturated carbocycles. The molecule has 1 N–H and O–H groups in total. The largest absolute Gasteiger partial charge is 0.450 e. The van der Waals surface area contributed by atoms with Crippen LogP contribution in [0.15, 0.2) is 47.4 Å². The molecule has 1 aromatic carbocycles. The lowest BCUT2D eigenvalue weighted by molar-refractivity contribution is 0.000683. The SMILES string of the molecule is Cn1ccnc1C1(O)CCN(c2ncnc3c2oc2ccccc23)CC1. The van der Waals surface area contributed by atoms with Crippen molar-refractivity contribution in [3.8, 4) is 0 Å². The fourth-order valence-corrected chi connectivity index (χ4v) is 3.86. The Bertz CT molecular complexity index is 1090. The van der Waals surface area contributed by atoms with Crippen LogP contribution in [0.1, 0.15) is 18.7 Å². The van der Waals surface area contributed by atoms with Gasteiger partial charge < -0.3 is 19.0 Å². The lowest BCUT2D eigenvalue weighted by Gasteiger charge is -2.38. The molecule has 0 amide bonds. The van der Waals surface area contributed by atoms with Gasteiger partial charge in [0, 0.05) is 50.8 Å². The second-order valence-electron chi connectivity index (χ2n) is 6.85. The fraction of sp³-hybridized carbons (Fsp3) is 0.316. The molecule has 7 nitrogen and oxygen atoms in total. The van der Waals surface area contributed by atoms with Gasteiger partial charge in [0.1, 0.15) is 28.9 Å². The van der Waals surface area contributed by atoms with Gasteiger partial charge in [0.15, 0.2) is 11.4 Å². The van der Waals surface area contributed by atoms with Crippen molar-refractivity contribution in [1.29, 1.82) is 0 Å². The molecule has 7 heteroatoms. The lowest BCUT2D eigenvalue weighted by atomic mass is 9.90. The predicted molar refractivity (Wildman–Crippen MR) is 97.9 cm³/mol. The van der Waals surface area contributed by atoms with E-state index in [9.17, 15) is 5.11 Å². The first-order chi connectivity index (χ1) is 12.7. The Balaban J connectivity index is 1.49. The summed E-state index contributed by atoms with van der Waals surface area (Å²) in [5, 5.41) is 12.0. The van der Waals surface area contributed by atoms with E-state index in [2.05, 4.69) is 19.9 Å². The predicted octanol–water partition coefficient (Wildman–Crippen LogP) is 2.60. The first-order valence-electron chi connectivity index (χ1n) is 8.73. The standard InChI is InChI=1S/C19H19N5O2/c1-23-11-8-20-18(23)19(25)6-9-24(10-7-19)17-16-15(21-12-22-17)13-4-2-3-5-14(13)26-16/h2-5,8,11-12,25H,6-7,9-10H2,1H3. The summed E-state index contributed by atoms with van der Waals surface area (Å²) in [5.41, 5.74) is 1.44. The number of aliphatic hydroxyl groups is 1. The highest BCUT2D eigenvalue weighted by Crippen LogP contribution is 2.36. The molecule has 1 aliphatic heterocycles. The van der Waals surface area contributed by atoms with Crippen molar-refractivity contribution in [2.75, 3.05) is 18.0 Å². The van der Waals surface area contributed by atoms with Crippen LogP contribution in [0.3, 0.4) is 0 Å². The number of hydrogen-bond donors (Lipinski definition) is 1. The van der Waals surface area contributed by atoms with E-state index in [4.69, 9.17) is 4.42 Å². The molecule has 0 unspecified atom stereocenters. The molecule has 1 saturated heterocycles. The van der Waals surface area contributed by atoms with E-state index in [0.717, 1.165) is 22.3 Å². The number of fused-ring (bicyclic) bond motifs is 3. The maximum absolute atomic E-state index is 11.0. The number of hydrogen-bond acceptors (Lipinski definition) is 6. The van der Waals surface area contributed by atoms with E-state index >= 15 is 0 Å². The smallest absolute Gasteiger partial charge is 0.196 e. The Kier molecular flexibility index (Phi) is 3.27. The summed E-state index contributed by atoms with van der Waals surface area (Å²) in [6.45, 7) is 1.35. The molecule has 3 aromatic heterocycles. The summed E-state index contributed by atoms with van der Waals surface area (Å²) in [5.74, 6) is 1.50. The molecular weight excluding hydrogens is 330 g/mol. The van der Waals surface area contributed by atoms with Crippen LogP contribution in [-0.4, -0.2) is 37.7 Å². The van der Waals surface area contributed by atoms with Crippen LogP contribution < -0.4 is 4.90 Å². The highest BCUT2D eigenvalue weighted by atomic mass is 16.3. The van der Waals surface area contributed by atoms with Crippen LogP contribution in [0.2, 0.25) is 0 Å². The number of benzene rings is 1. The van der Waals surface area contributed by atoms with Gasteiger partial charge in [-0.05, 0) is 12.1 Å². The zero-order valence-corrected chi connectivity index (χ0v) is 14.5. The highest BCUT2D eigenvalue weighted by molar-refractivity contribution is 6.05. The van der Waals surface area contributed by atoms with E-state index in [0.29, 0.717) is 37.3 Å². The minimum atomic E-state index is -0.908. The summed E-state index contributed by atoms with van der Waals surface area (Å²) in [6.07, 6.45) is 6.34. The van der Waals surface area contributed by atoms with E-state index in [1.165, 1.54) is 0 Å². The third kappa shape index (κ3) is 2.20. The molecule has 4 heterocycles. The van der Waals surface area contributed by atoms with E-state index < -0.39 is 5.60 Å². The molecule has 1 aliphatic rings. The lowest BCUT2D eigenvalue weighted by Crippen LogP contribution is -2.44. The molecular formula is C19H19N5O2. The van der Waals surface area contributed by atoms with Crippen molar-refractivity contribution in [2.24, 2.45) is 7.05 Å². The molecule has 0 atom stereocenters. The van der Waals surface area contributed by atoms with Crippen LogP contribution in [-0.2, 0) is 12.6 Å². The Labute approximate surface area is 149 Å². The van der Waals surface area contributed by atoms with Crippen molar-refractivity contribution < 1.29 is 9.52 Å². The molecule has 0 bridgehead atoms. The number of piperidine rings is 1. The summed E-state index contributed by atoms with van der Waals surface area (Å²) in [7, 11) is 1.91. The van der Waals surface area contributed by atoms with Gasteiger partial charge in [-0.15, -0.1) is 0 Å². The first-order valence-corrected chi connectivity index (χ1v) is 8.73. The van der Waals surface area contributed by atoms with Gasteiger partial charge in [-0.2, -0.15) is 0 Å². The van der Waals surface area contributed by atoms with Gasteiger partial charge in [0.05, 0.1) is 0 Å². The Hall–Kier alpha value is -2.93. The summed E-state index contributed by atoms with van der Waals surface area (Å²) in [4.78, 5) is 15.4. The van der Waals surface area contributed by atoms with E-state index in [1.807, 2.05) is 42.1 Å². The maximum Gasteiger partial charge on any atom is 0.196 e. The van der Waals surface area contributed by atoms with Gasteiger partial charge in [-0.1, -0.05) is 12.1 Å². The molecule has 132 valence electrons. The summed E-state index contributed by atoms with van der Waals surface area (Å²) < 4.78 is 7.92. The van der Waals surface area contributed by atoms with Crippen molar-refractivity contribution in [2.45, 2.75) is 18.4 Å². The van der Waals surface area contributed by atoms with E-state index in [1.54, 1.807) is 12.5 Å². The zero-order valence-electron chi connectivity index (χ0n) is 14.5. The molecule has 1 fully saturated rings. The minimum Gasteiger partial charge on any atom is -0.450 e. The van der Waals surface area contributed by atoms with Crippen LogP contribution in [0, 0.1) is 0 Å². The quantitative estimate of drug-likeness (QED) is 0.599. The second-order valence-corrected chi connectivity index (χ2v) is 6.85. The third-order valence-electron chi connectivity index (χ3n) is 5.27. The molecule has 0 spiro atoms. The van der Waals surface area contributed by atoms with Crippen LogP contribution in [0.4, 0.5) is 5.82 Å². The highest BCUT2D eigenvalue weighted by Gasteiger charge is 2.38. The molecule has 5 rings (SSSR count). The first kappa shape index (κ1) is 15.3. The number of aromatic nitrogens is 4. The zero-order chi connectivity index (χ0) is 17.7. The normalized spacial score (nSPS) is 17.2. The molecule has 0 radical (unpaired) electrons. The van der Waals surface area contributed by atoms with Crippen molar-refractivity contribution >= 4 is 27.9 Å². The second kappa shape index (κ2) is 5.54. The molecule has 0 aliphatic carbocycles. The number of furan rings is 1. The number of para-hydroxylation sites is 1. The van der Waals surface area contributed by atoms with E-state index in [-0.39, 0.29) is 0 Å². The summed E-state index contributed by atoms with van der Waals surface area (Å²) in [6, 6.07) is 7.88.